The van der Waals surface area contributed by atoms with Crippen LogP contribution in [0.15, 0.2) is 195 Å². The molecule has 0 atom stereocenters. The van der Waals surface area contributed by atoms with E-state index in [2.05, 4.69) is 50.4 Å². The van der Waals surface area contributed by atoms with Crippen LogP contribution in [0.1, 0.15) is 112 Å². The molecule has 0 spiro atoms. The van der Waals surface area contributed by atoms with Gasteiger partial charge in [0.2, 0.25) is 0 Å². The maximum absolute atomic E-state index is 13.5. The van der Waals surface area contributed by atoms with Crippen molar-refractivity contribution in [2.45, 2.75) is 80.1 Å². The first kappa shape index (κ1) is 83.7. The van der Waals surface area contributed by atoms with Gasteiger partial charge in [0.05, 0.1) is 56.6 Å². The Morgan fingerprint density at radius 2 is 0.915 bits per heavy atom. The van der Waals surface area contributed by atoms with Gasteiger partial charge in [-0.15, -0.1) is 22.7 Å². The van der Waals surface area contributed by atoms with E-state index in [-0.39, 0.29) is 110 Å². The number of benzene rings is 6. The van der Waals surface area contributed by atoms with Gasteiger partial charge in [-0.05, 0) is 147 Å². The normalized spacial score (nSPS) is 13.3. The van der Waals surface area contributed by atoms with Crippen LogP contribution in [-0.4, -0.2) is 105 Å². The number of pyridine rings is 3. The monoisotopic (exact) mass is 1570 g/mol. The molecule has 5 aromatic heterocycles. The van der Waals surface area contributed by atoms with Crippen LogP contribution in [-0.2, 0) is 24.2 Å². The summed E-state index contributed by atoms with van der Waals surface area (Å²) in [5.74, 6) is -1.69. The SMILES string of the molecule is C.C.C.N#Cc1c(Cl)c2ccccc2n(Cc2ccc(F)cc2)c1=O.N#Cc1c(N2CCN(C(=O)c3cccs3)CC2)c2ccccc2n(Cc2ccc(F)cc2)c1=O.O=C(NC1CCCCC1)c1c(O)c2ccccc2n(Cc2ccc(F)cc2)c1=O.O=C(c1cccs1)N1CCNCC1.O=P(Cl)(Cl)Cl. The summed E-state index contributed by atoms with van der Waals surface area (Å²) in [7, 11) is 0. The largest absolute Gasteiger partial charge is 0.506 e. The number of fused-ring (bicyclic) bond motifs is 3. The number of amides is 3. The third-order valence-corrected chi connectivity index (χ3v) is 19.4. The van der Waals surface area contributed by atoms with Gasteiger partial charge in [-0.1, -0.05) is 150 Å². The molecule has 3 aliphatic rings. The van der Waals surface area contributed by atoms with Gasteiger partial charge in [0, 0.05) is 74.6 Å². The van der Waals surface area contributed by atoms with Gasteiger partial charge in [-0.3, -0.25) is 33.3 Å². The molecule has 14 rings (SSSR count). The van der Waals surface area contributed by atoms with Crippen molar-refractivity contribution in [2.24, 2.45) is 0 Å². The van der Waals surface area contributed by atoms with Crippen molar-refractivity contribution < 1.29 is 37.2 Å². The number of rotatable bonds is 11. The van der Waals surface area contributed by atoms with Crippen LogP contribution in [0.2, 0.25) is 5.02 Å². The number of piperazine rings is 2. The number of carbonyl (C=O) groups excluding carboxylic acids is 3. The first-order valence-electron chi connectivity index (χ1n) is 32.6. The van der Waals surface area contributed by atoms with Gasteiger partial charge in [0.15, 0.2) is 0 Å². The minimum absolute atomic E-state index is 0. The molecule has 2 saturated heterocycles. The molecule has 106 heavy (non-hydrogen) atoms. The Balaban J connectivity index is 0.000000199. The van der Waals surface area contributed by atoms with E-state index >= 15 is 0 Å². The zero-order valence-corrected chi connectivity index (χ0v) is 60.6. The maximum atomic E-state index is 13.5. The average molecular weight is 1580 g/mol. The van der Waals surface area contributed by atoms with Gasteiger partial charge >= 0.3 is 5.20 Å². The lowest BCUT2D eigenvalue weighted by atomic mass is 9.95. The summed E-state index contributed by atoms with van der Waals surface area (Å²) in [4.78, 5) is 83.9. The fraction of sp³-hybridized carbons (Fsp3) is 0.256. The number of carbonyl (C=O) groups is 3. The molecule has 554 valence electrons. The summed E-state index contributed by atoms with van der Waals surface area (Å²) in [6, 6.07) is 50.8. The quantitative estimate of drug-likeness (QED) is 0.103. The van der Waals surface area contributed by atoms with Gasteiger partial charge in [0.1, 0.15) is 52.0 Å². The highest BCUT2D eigenvalue weighted by atomic mass is 36.0. The van der Waals surface area contributed by atoms with E-state index in [0.717, 1.165) is 85.2 Å². The van der Waals surface area contributed by atoms with E-state index in [4.69, 9.17) is 11.6 Å². The lowest BCUT2D eigenvalue weighted by Gasteiger charge is -2.37. The first-order valence-corrected chi connectivity index (χ1v) is 39.1. The number of nitrogens with zero attached hydrogens (tertiary/aromatic N) is 8. The zero-order chi connectivity index (χ0) is 73.3. The van der Waals surface area contributed by atoms with E-state index in [1.165, 1.54) is 68.2 Å². The number of aromatic hydroxyl groups is 1. The molecule has 1 saturated carbocycles. The molecule has 6 aromatic carbocycles. The van der Waals surface area contributed by atoms with Crippen LogP contribution in [0.3, 0.4) is 0 Å². The molecule has 2 aliphatic heterocycles. The molecule has 0 bridgehead atoms. The van der Waals surface area contributed by atoms with E-state index in [1.807, 2.05) is 80.1 Å². The average Bonchev–Trinajstić information content (AvgIpc) is 1.25. The first-order chi connectivity index (χ1) is 49.6. The molecular formula is C78H78Cl4F3N10O8PS2. The summed E-state index contributed by atoms with van der Waals surface area (Å²) in [6.45, 7) is 6.20. The summed E-state index contributed by atoms with van der Waals surface area (Å²) in [6.07, 6.45) is 5.00. The third kappa shape index (κ3) is 21.2. The molecule has 11 aromatic rings. The predicted octanol–water partition coefficient (Wildman–Crippen LogP) is 17.3. The Kier molecular flexibility index (Phi) is 31.0. The van der Waals surface area contributed by atoms with Gasteiger partial charge in [0.25, 0.3) is 34.4 Å². The molecule has 1 aliphatic carbocycles. The second kappa shape index (κ2) is 39.2. The molecule has 3 fully saturated rings. The summed E-state index contributed by atoms with van der Waals surface area (Å²) in [5.41, 5.74) is 3.12. The summed E-state index contributed by atoms with van der Waals surface area (Å²) >= 11 is 22.9. The lowest BCUT2D eigenvalue weighted by molar-refractivity contribution is 0.0737. The van der Waals surface area contributed by atoms with Crippen molar-refractivity contribution in [3.8, 4) is 17.9 Å². The Labute approximate surface area is 639 Å². The second-order valence-corrected chi connectivity index (χ2v) is 32.9. The topological polar surface area (TPSA) is 236 Å². The predicted molar refractivity (Wildman–Crippen MR) is 422 cm³/mol. The van der Waals surface area contributed by atoms with Crippen molar-refractivity contribution in [3.63, 3.8) is 0 Å². The third-order valence-electron chi connectivity index (χ3n) is 17.3. The lowest BCUT2D eigenvalue weighted by Crippen LogP contribution is -2.49. The Bertz CT molecular complexity index is 5160. The highest BCUT2D eigenvalue weighted by molar-refractivity contribution is 8.24. The summed E-state index contributed by atoms with van der Waals surface area (Å²) < 4.78 is 53.6. The van der Waals surface area contributed by atoms with E-state index in [0.29, 0.717) is 64.1 Å². The van der Waals surface area contributed by atoms with Gasteiger partial charge in [-0.25, -0.2) is 13.2 Å². The van der Waals surface area contributed by atoms with Crippen LogP contribution in [0.25, 0.3) is 32.7 Å². The Morgan fingerprint density at radius 3 is 1.35 bits per heavy atom. The molecule has 3 amide bonds. The minimum atomic E-state index is -3.22. The smallest absolute Gasteiger partial charge is 0.339 e. The standard InChI is InChI=1S/C26H21FN4O2S.C23H23FN2O3.C17H10ClFN2O.C9H12N2OS.3CH4.Cl3OP/c27-19-9-7-18(8-10-19)17-31-22-5-2-1-4-20(22)24(21(16-28)25(31)32)29-11-13-30(14-12-29)26(33)23-6-3-15-34-23;24-16-12-10-15(11-13-16)14-26-19-9-5-4-8-18(19)21(27)20(23(26)29)22(28)25-17-6-2-1-3-7-17;18-16-13-3-1-2-4-15(13)21(17(22)14(16)9-20)10-11-5-7-12(19)8-6-11;12-9(8-2-1-7-13-8)11-5-3-10-4-6-11;;;;1-5(2,3)4/h1-10,15H,11-14,17H2;4-5,8-13,17,27H,1-3,6-7,14H2,(H,25,28);1-8H,10H2;1-2,7,10H,3-6H2;3*1H4;. The number of halogens is 7. The van der Waals surface area contributed by atoms with Crippen molar-refractivity contribution in [1.82, 2.24) is 34.1 Å². The zero-order valence-electron chi connectivity index (χ0n) is 55.0. The van der Waals surface area contributed by atoms with Crippen molar-refractivity contribution >= 4 is 129 Å². The molecule has 0 radical (unpaired) electrons. The second-order valence-electron chi connectivity index (χ2n) is 23.9. The van der Waals surface area contributed by atoms with Gasteiger partial charge in [-0.2, -0.15) is 10.5 Å². The molecule has 0 unspecified atom stereocenters. The van der Waals surface area contributed by atoms with Gasteiger partial charge < -0.3 is 44.1 Å². The van der Waals surface area contributed by atoms with E-state index in [9.17, 15) is 62.1 Å². The maximum Gasteiger partial charge on any atom is 0.339 e. The fourth-order valence-electron chi connectivity index (χ4n) is 12.3. The Morgan fingerprint density at radius 1 is 0.528 bits per heavy atom. The minimum Gasteiger partial charge on any atom is -0.506 e. The number of para-hydroxylation sites is 3. The van der Waals surface area contributed by atoms with Crippen molar-refractivity contribution in [1.29, 1.82) is 10.5 Å². The highest BCUT2D eigenvalue weighted by Gasteiger charge is 2.29. The molecule has 7 heterocycles. The summed E-state index contributed by atoms with van der Waals surface area (Å²) in [5, 5.41) is 38.7. The molecule has 28 heteroatoms. The number of hydrogen-bond donors (Lipinski definition) is 3. The molecule has 18 nitrogen and oxygen atoms in total. The number of anilines is 1. The van der Waals surface area contributed by atoms with Crippen LogP contribution < -0.4 is 32.2 Å². The van der Waals surface area contributed by atoms with Crippen LogP contribution in [0.4, 0.5) is 18.9 Å². The number of aromatic nitrogens is 3. The van der Waals surface area contributed by atoms with E-state index in [1.54, 1.807) is 89.5 Å². The van der Waals surface area contributed by atoms with E-state index < -0.39 is 22.2 Å². The number of nitrogens with one attached hydrogen (secondary N) is 2. The Hall–Kier alpha value is -9.52. The fourth-order valence-corrected chi connectivity index (χ4v) is 13.9. The number of thiophene rings is 2. The van der Waals surface area contributed by atoms with Crippen LogP contribution >= 0.6 is 73.2 Å². The van der Waals surface area contributed by atoms with Crippen molar-refractivity contribution in [2.75, 3.05) is 57.3 Å². The molecule has 3 N–H and O–H groups in total. The molecular weight excluding hydrogens is 1500 g/mol. The number of nitriles is 2. The van der Waals surface area contributed by atoms with Crippen LogP contribution in [0.5, 0.6) is 5.75 Å². The highest BCUT2D eigenvalue weighted by Crippen LogP contribution is 2.61. The van der Waals surface area contributed by atoms with Crippen molar-refractivity contribution in [3.05, 3.63) is 277 Å². The number of hydrogen-bond acceptors (Lipinski definition) is 14. The van der Waals surface area contributed by atoms with Crippen LogP contribution in [0, 0.1) is 40.1 Å².